The van der Waals surface area contributed by atoms with Gasteiger partial charge in [-0.15, -0.1) is 0 Å². The number of sulfone groups is 1. The fourth-order valence-corrected chi connectivity index (χ4v) is 6.02. The lowest BCUT2D eigenvalue weighted by atomic mass is 10.0. The maximum atomic E-state index is 13.3. The third kappa shape index (κ3) is 3.56. The van der Waals surface area contributed by atoms with E-state index in [2.05, 4.69) is 0 Å². The van der Waals surface area contributed by atoms with Crippen molar-refractivity contribution in [3.8, 4) is 0 Å². The van der Waals surface area contributed by atoms with Gasteiger partial charge in [0, 0.05) is 12.8 Å². The molecule has 1 aliphatic rings. The summed E-state index contributed by atoms with van der Waals surface area (Å²) in [6.45, 7) is 4.12. The van der Waals surface area contributed by atoms with E-state index in [-0.39, 0.29) is 15.8 Å². The summed E-state index contributed by atoms with van der Waals surface area (Å²) in [5, 5.41) is 0. The highest BCUT2D eigenvalue weighted by atomic mass is 32.2. The first kappa shape index (κ1) is 19.1. The molecule has 1 unspecified atom stereocenters. The van der Waals surface area contributed by atoms with Gasteiger partial charge in [0.25, 0.3) is 0 Å². The molecule has 0 aliphatic carbocycles. The smallest absolute Gasteiger partial charge is 0.224 e. The van der Waals surface area contributed by atoms with Crippen molar-refractivity contribution in [1.82, 2.24) is 4.31 Å². The normalized spacial score (nSPS) is 19.0. The predicted molar refractivity (Wildman–Crippen MR) is 101 cm³/mol. The highest BCUT2D eigenvalue weighted by Crippen LogP contribution is 2.37. The molecule has 1 fully saturated rings. The zero-order chi connectivity index (χ0) is 19.1. The average Bonchev–Trinajstić information content (AvgIpc) is 3.05. The molecule has 1 aliphatic heterocycles. The number of hydrogen-bond acceptors (Lipinski definition) is 4. The molecule has 5 nitrogen and oxygen atoms in total. The van der Waals surface area contributed by atoms with Crippen molar-refractivity contribution < 1.29 is 16.8 Å². The largest absolute Gasteiger partial charge is 0.243 e. The van der Waals surface area contributed by atoms with Crippen LogP contribution in [0.3, 0.4) is 0 Å². The SMILES string of the molecule is Cc1ccc(C2CCCN2S(=O)(=O)c2cc(S(C)(=O)=O)ccc2C)cc1. The second kappa shape index (κ2) is 6.79. The van der Waals surface area contributed by atoms with E-state index in [4.69, 9.17) is 0 Å². The maximum absolute atomic E-state index is 13.3. The third-order valence-corrected chi connectivity index (χ3v) is 8.00. The molecule has 0 saturated carbocycles. The van der Waals surface area contributed by atoms with Gasteiger partial charge in [-0.2, -0.15) is 4.31 Å². The number of aryl methyl sites for hydroxylation is 2. The molecule has 1 heterocycles. The summed E-state index contributed by atoms with van der Waals surface area (Å²) in [5.41, 5.74) is 2.64. The van der Waals surface area contributed by atoms with Crippen LogP contribution >= 0.6 is 0 Å². The highest BCUT2D eigenvalue weighted by molar-refractivity contribution is 7.91. The molecule has 1 atom stereocenters. The third-order valence-electron chi connectivity index (χ3n) is 4.84. The molecule has 2 aromatic carbocycles. The summed E-state index contributed by atoms with van der Waals surface area (Å²) in [5.74, 6) is 0. The fraction of sp³-hybridized carbons (Fsp3) is 0.368. The Balaban J connectivity index is 2.06. The molecule has 0 spiro atoms. The van der Waals surface area contributed by atoms with Crippen LogP contribution in [0.4, 0.5) is 0 Å². The van der Waals surface area contributed by atoms with Gasteiger partial charge in [0.05, 0.1) is 15.8 Å². The van der Waals surface area contributed by atoms with E-state index < -0.39 is 19.9 Å². The van der Waals surface area contributed by atoms with Crippen molar-refractivity contribution in [2.75, 3.05) is 12.8 Å². The Morgan fingerprint density at radius 2 is 1.62 bits per heavy atom. The molecule has 3 rings (SSSR count). The van der Waals surface area contributed by atoms with Crippen molar-refractivity contribution in [3.05, 3.63) is 59.2 Å². The van der Waals surface area contributed by atoms with Crippen molar-refractivity contribution in [1.29, 1.82) is 0 Å². The Morgan fingerprint density at radius 1 is 0.962 bits per heavy atom. The first-order valence-corrected chi connectivity index (χ1v) is 11.8. The Hall–Kier alpha value is -1.70. The summed E-state index contributed by atoms with van der Waals surface area (Å²) < 4.78 is 51.8. The van der Waals surface area contributed by atoms with E-state index in [1.54, 1.807) is 13.0 Å². The number of nitrogens with zero attached hydrogens (tertiary/aromatic N) is 1. The summed E-state index contributed by atoms with van der Waals surface area (Å²) in [4.78, 5) is 0.0900. The molecular weight excluding hydrogens is 370 g/mol. The Morgan fingerprint density at radius 3 is 2.23 bits per heavy atom. The van der Waals surface area contributed by atoms with Crippen molar-refractivity contribution in [2.45, 2.75) is 42.5 Å². The Labute approximate surface area is 155 Å². The molecule has 2 aromatic rings. The minimum absolute atomic E-state index is 0.0211. The van der Waals surface area contributed by atoms with Crippen LogP contribution in [0.1, 0.15) is 35.6 Å². The van der Waals surface area contributed by atoms with Gasteiger partial charge in [-0.25, -0.2) is 16.8 Å². The van der Waals surface area contributed by atoms with Crippen LogP contribution in [0.15, 0.2) is 52.3 Å². The van der Waals surface area contributed by atoms with Crippen molar-refractivity contribution in [3.63, 3.8) is 0 Å². The molecule has 7 heteroatoms. The maximum Gasteiger partial charge on any atom is 0.243 e. The zero-order valence-electron chi connectivity index (χ0n) is 15.1. The second-order valence-electron chi connectivity index (χ2n) is 6.88. The molecule has 0 amide bonds. The number of benzene rings is 2. The van der Waals surface area contributed by atoms with Crippen molar-refractivity contribution in [2.24, 2.45) is 0 Å². The van der Waals surface area contributed by atoms with Gasteiger partial charge in [0.2, 0.25) is 10.0 Å². The zero-order valence-corrected chi connectivity index (χ0v) is 16.8. The molecule has 1 saturated heterocycles. The Bertz CT molecular complexity index is 1030. The lowest BCUT2D eigenvalue weighted by molar-refractivity contribution is 0.396. The van der Waals surface area contributed by atoms with Crippen LogP contribution in [0.25, 0.3) is 0 Å². The molecule has 0 radical (unpaired) electrons. The van der Waals surface area contributed by atoms with Crippen LogP contribution < -0.4 is 0 Å². The van der Waals surface area contributed by atoms with Crippen LogP contribution in [0.2, 0.25) is 0 Å². The highest BCUT2D eigenvalue weighted by Gasteiger charge is 2.37. The van der Waals surface area contributed by atoms with Gasteiger partial charge in [-0.05, 0) is 49.9 Å². The number of rotatable bonds is 4. The summed E-state index contributed by atoms with van der Waals surface area (Å²) in [6, 6.07) is 12.0. The number of sulfonamides is 1. The van der Waals surface area contributed by atoms with Gasteiger partial charge in [-0.1, -0.05) is 35.9 Å². The van der Waals surface area contributed by atoms with E-state index in [9.17, 15) is 16.8 Å². The molecule has 0 aromatic heterocycles. The van der Waals surface area contributed by atoms with E-state index in [1.807, 2.05) is 31.2 Å². The van der Waals surface area contributed by atoms with Crippen LogP contribution in [-0.2, 0) is 19.9 Å². The quantitative estimate of drug-likeness (QED) is 0.799. The predicted octanol–water partition coefficient (Wildman–Crippen LogP) is 3.23. The van der Waals surface area contributed by atoms with E-state index in [0.717, 1.165) is 30.2 Å². The van der Waals surface area contributed by atoms with Gasteiger partial charge in [0.1, 0.15) is 0 Å². The summed E-state index contributed by atoms with van der Waals surface area (Å²) in [7, 11) is -7.27. The lowest BCUT2D eigenvalue weighted by Crippen LogP contribution is -2.31. The van der Waals surface area contributed by atoms with Crippen molar-refractivity contribution >= 4 is 19.9 Å². The number of hydrogen-bond donors (Lipinski definition) is 0. The van der Waals surface area contributed by atoms with Crippen LogP contribution in [-0.4, -0.2) is 33.9 Å². The Kier molecular flexibility index (Phi) is 4.98. The van der Waals surface area contributed by atoms with Crippen LogP contribution in [0.5, 0.6) is 0 Å². The fourth-order valence-electron chi connectivity index (χ4n) is 3.36. The minimum Gasteiger partial charge on any atom is -0.224 e. The van der Waals surface area contributed by atoms with Gasteiger partial charge in [0.15, 0.2) is 9.84 Å². The summed E-state index contributed by atoms with van der Waals surface area (Å²) in [6.07, 6.45) is 2.62. The van der Waals surface area contributed by atoms with E-state index in [1.165, 1.54) is 16.4 Å². The standard InChI is InChI=1S/C19H23NO4S2/c1-14-6-9-16(10-7-14)18-5-4-12-20(18)26(23,24)19-13-17(25(3,21)22)11-8-15(19)2/h6-11,13,18H,4-5,12H2,1-3H3. The first-order chi connectivity index (χ1) is 12.1. The molecule has 0 N–H and O–H groups in total. The molecule has 140 valence electrons. The van der Waals surface area contributed by atoms with E-state index >= 15 is 0 Å². The first-order valence-electron chi connectivity index (χ1n) is 8.50. The monoisotopic (exact) mass is 393 g/mol. The van der Waals surface area contributed by atoms with Gasteiger partial charge in [-0.3, -0.25) is 0 Å². The average molecular weight is 394 g/mol. The molecular formula is C19H23NO4S2. The lowest BCUT2D eigenvalue weighted by Gasteiger charge is -2.25. The molecule has 0 bridgehead atoms. The van der Waals surface area contributed by atoms with Crippen LogP contribution in [0, 0.1) is 13.8 Å². The van der Waals surface area contributed by atoms with E-state index in [0.29, 0.717) is 12.1 Å². The minimum atomic E-state index is -3.79. The second-order valence-corrected chi connectivity index (χ2v) is 10.8. The van der Waals surface area contributed by atoms with Gasteiger partial charge < -0.3 is 0 Å². The summed E-state index contributed by atoms with van der Waals surface area (Å²) >= 11 is 0. The van der Waals surface area contributed by atoms with Gasteiger partial charge >= 0.3 is 0 Å². The molecule has 26 heavy (non-hydrogen) atoms. The topological polar surface area (TPSA) is 71.5 Å².